The zero-order valence-corrected chi connectivity index (χ0v) is 23.3. The fourth-order valence-electron chi connectivity index (χ4n) is 3.29. The molecule has 0 saturated heterocycles. The highest BCUT2D eigenvalue weighted by atomic mass is 16.8. The molecule has 0 aliphatic rings. The van der Waals surface area contributed by atoms with Crippen LogP contribution < -0.4 is 14.8 Å². The Morgan fingerprint density at radius 2 is 1.35 bits per heavy atom. The third kappa shape index (κ3) is 11.6. The van der Waals surface area contributed by atoms with E-state index in [1.165, 1.54) is 18.2 Å². The van der Waals surface area contributed by atoms with Crippen LogP contribution in [0, 0.1) is 11.8 Å². The van der Waals surface area contributed by atoms with Crippen molar-refractivity contribution in [3.05, 3.63) is 23.8 Å². The summed E-state index contributed by atoms with van der Waals surface area (Å²) in [6.45, 7) is 15.7. The van der Waals surface area contributed by atoms with Crippen LogP contribution in [0.3, 0.4) is 0 Å². The summed E-state index contributed by atoms with van der Waals surface area (Å²) in [7, 11) is 0. The Bertz CT molecular complexity index is 963. The largest absolute Gasteiger partial charge is 0.511 e. The molecule has 0 aliphatic carbocycles. The van der Waals surface area contributed by atoms with Gasteiger partial charge in [0.2, 0.25) is 0 Å². The van der Waals surface area contributed by atoms with Gasteiger partial charge in [-0.1, -0.05) is 33.8 Å². The van der Waals surface area contributed by atoms with Gasteiger partial charge in [0.05, 0.1) is 0 Å². The summed E-state index contributed by atoms with van der Waals surface area (Å²) in [6.07, 6.45) is -1.22. The van der Waals surface area contributed by atoms with E-state index in [0.717, 1.165) is 0 Å². The maximum absolute atomic E-state index is 12.5. The summed E-state index contributed by atoms with van der Waals surface area (Å²) in [5.74, 6) is -2.42. The summed E-state index contributed by atoms with van der Waals surface area (Å²) in [4.78, 5) is 49.6. The number of carboxylic acids is 1. The Hall–Kier alpha value is -3.14. The molecule has 2 N–H and O–H groups in total. The second-order valence-corrected chi connectivity index (χ2v) is 11.1. The summed E-state index contributed by atoms with van der Waals surface area (Å²) in [5.41, 5.74) is -2.75. The van der Waals surface area contributed by atoms with E-state index in [0.29, 0.717) is 5.56 Å². The zero-order valence-electron chi connectivity index (χ0n) is 23.3. The second-order valence-electron chi connectivity index (χ2n) is 11.1. The monoisotopic (exact) mass is 523 g/mol. The first-order chi connectivity index (χ1) is 16.9. The third-order valence-electron chi connectivity index (χ3n) is 4.57. The Kier molecular flexibility index (Phi) is 11.6. The molecule has 1 atom stereocenters. The minimum Gasteiger partial charge on any atom is -0.477 e. The molecule has 0 radical (unpaired) electrons. The normalized spacial score (nSPS) is 13.3. The maximum Gasteiger partial charge on any atom is 0.511 e. The predicted molar refractivity (Wildman–Crippen MR) is 136 cm³/mol. The molecule has 0 bridgehead atoms. The van der Waals surface area contributed by atoms with E-state index in [-0.39, 0.29) is 42.6 Å². The van der Waals surface area contributed by atoms with Crippen LogP contribution in [0.1, 0.15) is 80.7 Å². The highest BCUT2D eigenvalue weighted by molar-refractivity contribution is 5.81. The lowest BCUT2D eigenvalue weighted by molar-refractivity contribution is -0.169. The number of aliphatic carboxylic acids is 1. The fourth-order valence-corrected chi connectivity index (χ4v) is 3.29. The summed E-state index contributed by atoms with van der Waals surface area (Å²) in [5, 5.41) is 12.9. The van der Waals surface area contributed by atoms with Gasteiger partial charge in [-0.3, -0.25) is 14.9 Å². The van der Waals surface area contributed by atoms with Crippen molar-refractivity contribution in [1.29, 1.82) is 0 Å². The van der Waals surface area contributed by atoms with Gasteiger partial charge in [-0.15, -0.1) is 0 Å². The molecular weight excluding hydrogens is 482 g/mol. The van der Waals surface area contributed by atoms with E-state index in [2.05, 4.69) is 5.32 Å². The first-order valence-electron chi connectivity index (χ1n) is 12.4. The number of hydrogen-bond donors (Lipinski definition) is 2. The standard InChI is InChI=1S/C27H41NO9/c1-16(2)12-22(29)34-20-11-10-19(14-21(20)35-23(30)13-17(3)4)15-27(24(31)32,28-18(5)6)37-25(33)36-26(7,8)9/h10-11,14,16-18,28H,12-13,15H2,1-9H3,(H,31,32)/t27-/m0/s1. The van der Waals surface area contributed by atoms with Crippen LogP contribution in [0.5, 0.6) is 11.5 Å². The van der Waals surface area contributed by atoms with E-state index >= 15 is 0 Å². The van der Waals surface area contributed by atoms with Crippen LogP contribution >= 0.6 is 0 Å². The first-order valence-corrected chi connectivity index (χ1v) is 12.4. The SMILES string of the molecule is CC(C)CC(=O)Oc1ccc(C[C@](NC(C)C)(OC(=O)OC(C)(C)C)C(=O)O)cc1OC(=O)CC(C)C. The number of ether oxygens (including phenoxy) is 4. The number of nitrogens with one attached hydrogen (secondary N) is 1. The smallest absolute Gasteiger partial charge is 0.477 e. The molecule has 37 heavy (non-hydrogen) atoms. The Labute approximate surface area is 219 Å². The second kappa shape index (κ2) is 13.4. The Morgan fingerprint density at radius 1 is 0.838 bits per heavy atom. The zero-order chi connectivity index (χ0) is 28.6. The summed E-state index contributed by atoms with van der Waals surface area (Å²) >= 11 is 0. The lowest BCUT2D eigenvalue weighted by Gasteiger charge is -2.33. The van der Waals surface area contributed by atoms with Crippen LogP contribution in [0.2, 0.25) is 0 Å². The number of esters is 2. The molecule has 0 aliphatic heterocycles. The van der Waals surface area contributed by atoms with Crippen LogP contribution in [0.25, 0.3) is 0 Å². The van der Waals surface area contributed by atoms with E-state index in [9.17, 15) is 24.3 Å². The topological polar surface area (TPSA) is 137 Å². The van der Waals surface area contributed by atoms with E-state index in [4.69, 9.17) is 18.9 Å². The molecule has 10 nitrogen and oxygen atoms in total. The molecule has 0 heterocycles. The molecule has 1 rings (SSSR count). The third-order valence-corrected chi connectivity index (χ3v) is 4.57. The molecule has 0 fully saturated rings. The van der Waals surface area contributed by atoms with Crippen LogP contribution in [-0.4, -0.2) is 46.5 Å². The number of benzene rings is 1. The summed E-state index contributed by atoms with van der Waals surface area (Å²) < 4.78 is 21.4. The number of carbonyl (C=O) groups excluding carboxylic acids is 3. The maximum atomic E-state index is 12.5. The molecule has 0 saturated carbocycles. The molecular formula is C27H41NO9. The van der Waals surface area contributed by atoms with E-state index in [1.54, 1.807) is 34.6 Å². The number of hydrogen-bond acceptors (Lipinski definition) is 9. The average molecular weight is 524 g/mol. The Balaban J connectivity index is 3.43. The van der Waals surface area contributed by atoms with Gasteiger partial charge in [0.15, 0.2) is 11.5 Å². The van der Waals surface area contributed by atoms with Crippen molar-refractivity contribution in [3.63, 3.8) is 0 Å². The van der Waals surface area contributed by atoms with Crippen molar-refractivity contribution < 1.29 is 43.2 Å². The van der Waals surface area contributed by atoms with Crippen LogP contribution in [-0.2, 0) is 30.3 Å². The van der Waals surface area contributed by atoms with Gasteiger partial charge in [0.1, 0.15) is 5.60 Å². The lowest BCUT2D eigenvalue weighted by Crippen LogP contribution is -2.59. The van der Waals surface area contributed by atoms with Gasteiger partial charge in [-0.2, -0.15) is 0 Å². The number of rotatable bonds is 12. The minimum atomic E-state index is -2.19. The quantitative estimate of drug-likeness (QED) is 0.222. The highest BCUT2D eigenvalue weighted by Crippen LogP contribution is 2.32. The highest BCUT2D eigenvalue weighted by Gasteiger charge is 2.45. The van der Waals surface area contributed by atoms with Crippen molar-refractivity contribution in [2.24, 2.45) is 11.8 Å². The van der Waals surface area contributed by atoms with Crippen LogP contribution in [0.4, 0.5) is 4.79 Å². The van der Waals surface area contributed by atoms with Crippen molar-refractivity contribution >= 4 is 24.1 Å². The van der Waals surface area contributed by atoms with Gasteiger partial charge >= 0.3 is 24.1 Å². The van der Waals surface area contributed by atoms with Crippen molar-refractivity contribution in [1.82, 2.24) is 5.32 Å². The van der Waals surface area contributed by atoms with Crippen LogP contribution in [0.15, 0.2) is 18.2 Å². The van der Waals surface area contributed by atoms with Gasteiger partial charge in [0.25, 0.3) is 5.72 Å². The molecule has 208 valence electrons. The molecule has 1 aromatic rings. The molecule has 1 aromatic carbocycles. The van der Waals surface area contributed by atoms with Crippen molar-refractivity contribution in [3.8, 4) is 11.5 Å². The van der Waals surface area contributed by atoms with Gasteiger partial charge in [0, 0.05) is 25.3 Å². The molecule has 0 unspecified atom stereocenters. The molecule has 0 aromatic heterocycles. The van der Waals surface area contributed by atoms with Gasteiger partial charge < -0.3 is 24.1 Å². The Morgan fingerprint density at radius 3 is 1.78 bits per heavy atom. The molecule has 0 amide bonds. The van der Waals surface area contributed by atoms with Gasteiger partial charge in [-0.25, -0.2) is 9.59 Å². The molecule has 0 spiro atoms. The van der Waals surface area contributed by atoms with Crippen molar-refractivity contribution in [2.75, 3.05) is 0 Å². The average Bonchev–Trinajstić information content (AvgIpc) is 2.66. The minimum absolute atomic E-state index is 0.0253. The van der Waals surface area contributed by atoms with Gasteiger partial charge in [-0.05, 0) is 64.2 Å². The number of carboxylic acid groups (broad SMARTS) is 1. The first kappa shape index (κ1) is 31.9. The summed E-state index contributed by atoms with van der Waals surface area (Å²) in [6, 6.07) is 3.93. The predicted octanol–water partition coefficient (Wildman–Crippen LogP) is 4.86. The fraction of sp³-hybridized carbons (Fsp3) is 0.630. The number of carbonyl (C=O) groups is 4. The lowest BCUT2D eigenvalue weighted by atomic mass is 10.0. The van der Waals surface area contributed by atoms with Crippen molar-refractivity contribution in [2.45, 2.75) is 98.9 Å². The molecule has 10 heteroatoms. The van der Waals surface area contributed by atoms with E-state index < -0.39 is 41.4 Å². The van der Waals surface area contributed by atoms with E-state index in [1.807, 2.05) is 27.7 Å².